The minimum atomic E-state index is 0.0265. The molecule has 32 heavy (non-hydrogen) atoms. The number of nitrogens with one attached hydrogen (secondary N) is 2. The van der Waals surface area contributed by atoms with Crippen LogP contribution < -0.4 is 15.4 Å². The number of carbonyl (C=O) groups excluding carboxylic acids is 2. The average molecular weight is 436 g/mol. The second-order valence-corrected chi connectivity index (χ2v) is 8.81. The molecule has 2 amide bonds. The fraction of sp³-hybridized carbons (Fsp3) is 0.462. The maximum absolute atomic E-state index is 13.3. The molecule has 2 aromatic carbocycles. The minimum Gasteiger partial charge on any atom is -0.497 e. The smallest absolute Gasteiger partial charge is 0.255 e. The predicted molar refractivity (Wildman–Crippen MR) is 126 cm³/mol. The van der Waals surface area contributed by atoms with Gasteiger partial charge in [0.05, 0.1) is 18.4 Å². The average Bonchev–Trinajstić information content (AvgIpc) is 2.85. The zero-order valence-corrected chi connectivity index (χ0v) is 18.8. The number of methoxy groups -OCH3 is 1. The van der Waals surface area contributed by atoms with Crippen LogP contribution in [0.25, 0.3) is 0 Å². The number of likely N-dealkylation sites (tertiary alicyclic amines) is 1. The Morgan fingerprint density at radius 1 is 0.906 bits per heavy atom. The molecule has 1 saturated heterocycles. The number of piperidine rings is 1. The highest BCUT2D eigenvalue weighted by Gasteiger charge is 2.28. The molecule has 0 bridgehead atoms. The molecule has 6 nitrogen and oxygen atoms in total. The molecule has 2 N–H and O–H groups in total. The van der Waals surface area contributed by atoms with Crippen molar-refractivity contribution in [3.63, 3.8) is 0 Å². The van der Waals surface area contributed by atoms with E-state index in [2.05, 4.69) is 10.6 Å². The first-order valence-electron chi connectivity index (χ1n) is 11.7. The van der Waals surface area contributed by atoms with E-state index in [0.29, 0.717) is 18.7 Å². The Balaban J connectivity index is 1.34. The molecule has 0 atom stereocenters. The van der Waals surface area contributed by atoms with Gasteiger partial charge in [-0.05, 0) is 62.1 Å². The van der Waals surface area contributed by atoms with E-state index < -0.39 is 0 Å². The molecule has 2 fully saturated rings. The zero-order chi connectivity index (χ0) is 22.3. The van der Waals surface area contributed by atoms with Gasteiger partial charge in [0.25, 0.3) is 5.91 Å². The van der Waals surface area contributed by atoms with Crippen LogP contribution >= 0.6 is 0 Å². The fourth-order valence-electron chi connectivity index (χ4n) is 4.69. The molecule has 0 aromatic heterocycles. The van der Waals surface area contributed by atoms with Crippen LogP contribution in [0.4, 0.5) is 11.4 Å². The third-order valence-corrected chi connectivity index (χ3v) is 6.63. The first-order valence-corrected chi connectivity index (χ1v) is 11.7. The highest BCUT2D eigenvalue weighted by atomic mass is 16.5. The van der Waals surface area contributed by atoms with E-state index in [4.69, 9.17) is 4.74 Å². The second kappa shape index (κ2) is 10.5. The molecule has 6 heteroatoms. The molecule has 2 aromatic rings. The highest BCUT2D eigenvalue weighted by molar-refractivity contribution is 6.00. The van der Waals surface area contributed by atoms with Crippen molar-refractivity contribution in [1.29, 1.82) is 0 Å². The van der Waals surface area contributed by atoms with Gasteiger partial charge in [-0.25, -0.2) is 0 Å². The number of benzene rings is 2. The molecule has 0 spiro atoms. The van der Waals surface area contributed by atoms with Crippen LogP contribution in [0.2, 0.25) is 0 Å². The second-order valence-electron chi connectivity index (χ2n) is 8.81. The van der Waals surface area contributed by atoms with E-state index in [1.807, 2.05) is 53.4 Å². The molecule has 1 aliphatic heterocycles. The zero-order valence-electron chi connectivity index (χ0n) is 18.8. The lowest BCUT2D eigenvalue weighted by atomic mass is 9.88. The number of para-hydroxylation sites is 1. The van der Waals surface area contributed by atoms with E-state index in [9.17, 15) is 9.59 Å². The third kappa shape index (κ3) is 5.42. The van der Waals surface area contributed by atoms with Gasteiger partial charge in [0.1, 0.15) is 5.75 Å². The molecular formula is C26H33N3O3. The Hall–Kier alpha value is -3.02. The maximum atomic E-state index is 13.3. The number of carbonyl (C=O) groups is 2. The summed E-state index contributed by atoms with van der Waals surface area (Å²) in [5.41, 5.74) is 2.35. The number of rotatable bonds is 6. The van der Waals surface area contributed by atoms with Crippen molar-refractivity contribution in [3.8, 4) is 5.75 Å². The van der Waals surface area contributed by atoms with Gasteiger partial charge >= 0.3 is 0 Å². The van der Waals surface area contributed by atoms with Crippen LogP contribution in [-0.4, -0.2) is 43.0 Å². The summed E-state index contributed by atoms with van der Waals surface area (Å²) in [7, 11) is 1.64. The van der Waals surface area contributed by atoms with Crippen molar-refractivity contribution in [1.82, 2.24) is 10.2 Å². The van der Waals surface area contributed by atoms with Crippen LogP contribution in [0.15, 0.2) is 48.5 Å². The van der Waals surface area contributed by atoms with Gasteiger partial charge in [-0.3, -0.25) is 9.59 Å². The monoisotopic (exact) mass is 435 g/mol. The number of ether oxygens (including phenoxy) is 1. The Bertz CT molecular complexity index is 914. The lowest BCUT2D eigenvalue weighted by Gasteiger charge is -2.34. The van der Waals surface area contributed by atoms with Crippen LogP contribution in [-0.2, 0) is 4.79 Å². The summed E-state index contributed by atoms with van der Waals surface area (Å²) in [6, 6.07) is 15.4. The Morgan fingerprint density at radius 3 is 2.28 bits per heavy atom. The van der Waals surface area contributed by atoms with Gasteiger partial charge in [0, 0.05) is 30.7 Å². The molecule has 0 radical (unpaired) electrons. The number of hydrogen-bond acceptors (Lipinski definition) is 4. The molecule has 1 saturated carbocycles. The summed E-state index contributed by atoms with van der Waals surface area (Å²) in [6.07, 6.45) is 7.21. The van der Waals surface area contributed by atoms with E-state index in [0.717, 1.165) is 55.6 Å². The normalized spacial score (nSPS) is 17.6. The quantitative estimate of drug-likeness (QED) is 0.688. The number of hydrogen-bond donors (Lipinski definition) is 2. The van der Waals surface area contributed by atoms with Crippen molar-refractivity contribution in [2.75, 3.05) is 25.5 Å². The summed E-state index contributed by atoms with van der Waals surface area (Å²) in [6.45, 7) is 1.32. The molecular weight excluding hydrogens is 402 g/mol. The Kier molecular flexibility index (Phi) is 7.30. The fourth-order valence-corrected chi connectivity index (χ4v) is 4.69. The lowest BCUT2D eigenvalue weighted by molar-refractivity contribution is -0.126. The van der Waals surface area contributed by atoms with Gasteiger partial charge in [0.2, 0.25) is 5.91 Å². The number of anilines is 2. The topological polar surface area (TPSA) is 70.7 Å². The van der Waals surface area contributed by atoms with Gasteiger partial charge in [-0.15, -0.1) is 0 Å². The largest absolute Gasteiger partial charge is 0.497 e. The van der Waals surface area contributed by atoms with Crippen LogP contribution in [0.3, 0.4) is 0 Å². The maximum Gasteiger partial charge on any atom is 0.255 e. The first-order chi connectivity index (χ1) is 15.6. The van der Waals surface area contributed by atoms with Crippen molar-refractivity contribution in [2.24, 2.45) is 5.92 Å². The summed E-state index contributed by atoms with van der Waals surface area (Å²) >= 11 is 0. The summed E-state index contributed by atoms with van der Waals surface area (Å²) in [5, 5.41) is 6.60. The van der Waals surface area contributed by atoms with Crippen molar-refractivity contribution in [2.45, 2.75) is 51.0 Å². The number of nitrogens with zero attached hydrogens (tertiary/aromatic N) is 1. The van der Waals surface area contributed by atoms with Crippen LogP contribution in [0, 0.1) is 5.92 Å². The van der Waals surface area contributed by atoms with E-state index in [1.165, 1.54) is 6.42 Å². The number of amides is 2. The van der Waals surface area contributed by atoms with Crippen molar-refractivity contribution >= 4 is 23.2 Å². The van der Waals surface area contributed by atoms with Gasteiger partial charge in [0.15, 0.2) is 0 Å². The molecule has 1 heterocycles. The SMILES string of the molecule is COc1ccc(Nc2ccccc2C(=O)N2CCC(NC(=O)C3CCCCC3)CC2)cc1. The Morgan fingerprint density at radius 2 is 1.59 bits per heavy atom. The Labute approximate surface area is 190 Å². The van der Waals surface area contributed by atoms with Gasteiger partial charge in [-0.1, -0.05) is 31.4 Å². The van der Waals surface area contributed by atoms with E-state index in [-0.39, 0.29) is 23.8 Å². The van der Waals surface area contributed by atoms with E-state index >= 15 is 0 Å². The summed E-state index contributed by atoms with van der Waals surface area (Å²) in [4.78, 5) is 27.7. The molecule has 1 aliphatic carbocycles. The highest BCUT2D eigenvalue weighted by Crippen LogP contribution is 2.26. The molecule has 4 rings (SSSR count). The summed E-state index contributed by atoms with van der Waals surface area (Å²) in [5.74, 6) is 1.21. The van der Waals surface area contributed by atoms with Crippen molar-refractivity contribution in [3.05, 3.63) is 54.1 Å². The molecule has 0 unspecified atom stereocenters. The minimum absolute atomic E-state index is 0.0265. The van der Waals surface area contributed by atoms with Gasteiger partial charge in [-0.2, -0.15) is 0 Å². The third-order valence-electron chi connectivity index (χ3n) is 6.63. The van der Waals surface area contributed by atoms with Crippen LogP contribution in [0.1, 0.15) is 55.3 Å². The van der Waals surface area contributed by atoms with E-state index in [1.54, 1.807) is 7.11 Å². The first kappa shape index (κ1) is 22.2. The van der Waals surface area contributed by atoms with Gasteiger partial charge < -0.3 is 20.3 Å². The molecule has 170 valence electrons. The summed E-state index contributed by atoms with van der Waals surface area (Å²) < 4.78 is 5.21. The lowest BCUT2D eigenvalue weighted by Crippen LogP contribution is -2.48. The molecule has 2 aliphatic rings. The van der Waals surface area contributed by atoms with Crippen molar-refractivity contribution < 1.29 is 14.3 Å². The van der Waals surface area contributed by atoms with Crippen LogP contribution in [0.5, 0.6) is 5.75 Å². The standard InChI is InChI=1S/C26H33N3O3/c1-32-22-13-11-20(12-14-22)27-24-10-6-5-9-23(24)26(31)29-17-15-21(16-18-29)28-25(30)19-7-3-2-4-8-19/h5-6,9-14,19,21,27H,2-4,7-8,15-18H2,1H3,(H,28,30). The predicted octanol–water partition coefficient (Wildman–Crippen LogP) is 4.74.